The summed E-state index contributed by atoms with van der Waals surface area (Å²) in [6, 6.07) is 12.7. The molecule has 0 aliphatic rings. The monoisotopic (exact) mass is 370 g/mol. The quantitative estimate of drug-likeness (QED) is 0.436. The van der Waals surface area contributed by atoms with Crippen molar-refractivity contribution in [2.45, 2.75) is 11.3 Å². The molecule has 8 nitrogen and oxygen atoms in total. The molecule has 0 unspecified atom stereocenters. The Morgan fingerprint density at radius 2 is 1.92 bits per heavy atom. The number of nitro groups is 1. The minimum atomic E-state index is -0.762. The van der Waals surface area contributed by atoms with E-state index >= 15 is 0 Å². The number of benzene rings is 2. The van der Waals surface area contributed by atoms with Gasteiger partial charge in [0.2, 0.25) is 11.8 Å². The highest BCUT2D eigenvalue weighted by atomic mass is 32.2. The third-order valence-corrected chi connectivity index (χ3v) is 4.38. The number of anilines is 1. The fraction of sp³-hybridized carbons (Fsp3) is 0.118. The van der Waals surface area contributed by atoms with Crippen LogP contribution >= 0.6 is 11.8 Å². The largest absolute Gasteiger partial charge is 0.366 e. The number of rotatable bonds is 7. The van der Waals surface area contributed by atoms with E-state index in [4.69, 9.17) is 11.0 Å². The third-order valence-electron chi connectivity index (χ3n) is 3.32. The van der Waals surface area contributed by atoms with E-state index in [-0.39, 0.29) is 34.2 Å². The lowest BCUT2D eigenvalue weighted by molar-refractivity contribution is -0.387. The molecule has 0 heterocycles. The number of nitro benzene ring substituents is 1. The summed E-state index contributed by atoms with van der Waals surface area (Å²) in [5.74, 6) is -1.14. The summed E-state index contributed by atoms with van der Waals surface area (Å²) in [6.07, 6.45) is 0.287. The number of thioether (sulfide) groups is 1. The van der Waals surface area contributed by atoms with E-state index in [9.17, 15) is 19.7 Å². The van der Waals surface area contributed by atoms with E-state index in [1.165, 1.54) is 12.1 Å². The number of amides is 2. The lowest BCUT2D eigenvalue weighted by Gasteiger charge is -2.07. The summed E-state index contributed by atoms with van der Waals surface area (Å²) >= 11 is 0.986. The maximum absolute atomic E-state index is 12.0. The predicted octanol–water partition coefficient (Wildman–Crippen LogP) is 2.49. The highest BCUT2D eigenvalue weighted by molar-refractivity contribution is 8.00. The molecule has 0 aliphatic carbocycles. The van der Waals surface area contributed by atoms with Gasteiger partial charge < -0.3 is 11.1 Å². The molecule has 0 aromatic heterocycles. The van der Waals surface area contributed by atoms with Crippen LogP contribution in [-0.4, -0.2) is 22.5 Å². The van der Waals surface area contributed by atoms with E-state index in [0.29, 0.717) is 5.69 Å². The molecule has 0 atom stereocenters. The van der Waals surface area contributed by atoms with Crippen molar-refractivity contribution in [2.24, 2.45) is 5.73 Å². The highest BCUT2D eigenvalue weighted by Gasteiger charge is 2.18. The normalized spacial score (nSPS) is 9.96. The number of nitriles is 1. The average Bonchev–Trinajstić information content (AvgIpc) is 2.61. The van der Waals surface area contributed by atoms with Crippen LogP contribution < -0.4 is 11.1 Å². The Bertz CT molecular complexity index is 891. The van der Waals surface area contributed by atoms with Crippen molar-refractivity contribution < 1.29 is 14.5 Å². The number of nitrogens with one attached hydrogen (secondary N) is 1. The van der Waals surface area contributed by atoms with Crippen LogP contribution in [0.5, 0.6) is 0 Å². The van der Waals surface area contributed by atoms with Crippen molar-refractivity contribution in [2.75, 3.05) is 11.1 Å². The molecule has 0 spiro atoms. The Kier molecular flexibility index (Phi) is 6.30. The molecule has 0 bridgehead atoms. The van der Waals surface area contributed by atoms with Gasteiger partial charge in [0, 0.05) is 17.3 Å². The van der Waals surface area contributed by atoms with Gasteiger partial charge in [-0.05, 0) is 29.8 Å². The van der Waals surface area contributed by atoms with Gasteiger partial charge in [0.25, 0.3) is 5.69 Å². The van der Waals surface area contributed by atoms with E-state index in [1.54, 1.807) is 24.3 Å². The summed E-state index contributed by atoms with van der Waals surface area (Å²) in [6.45, 7) is 0. The molecule has 9 heteroatoms. The fourth-order valence-corrected chi connectivity index (χ4v) is 2.88. The lowest BCUT2D eigenvalue weighted by atomic mass is 10.1. The van der Waals surface area contributed by atoms with E-state index in [0.717, 1.165) is 23.4 Å². The first-order chi connectivity index (χ1) is 12.4. The van der Waals surface area contributed by atoms with Gasteiger partial charge in [0.05, 0.1) is 28.1 Å². The Hall–Kier alpha value is -3.38. The molecule has 0 radical (unpaired) electrons. The molecular formula is C17H14N4O4S. The van der Waals surface area contributed by atoms with E-state index in [2.05, 4.69) is 5.32 Å². The molecule has 0 fully saturated rings. The molecule has 0 saturated carbocycles. The topological polar surface area (TPSA) is 139 Å². The second kappa shape index (κ2) is 8.64. The van der Waals surface area contributed by atoms with Crippen LogP contribution in [0.1, 0.15) is 15.9 Å². The van der Waals surface area contributed by atoms with Crippen molar-refractivity contribution >= 4 is 35.0 Å². The maximum atomic E-state index is 12.0. The number of nitrogens with zero attached hydrogens (tertiary/aromatic N) is 2. The van der Waals surface area contributed by atoms with Crippen LogP contribution in [0.25, 0.3) is 0 Å². The minimum absolute atomic E-state index is 0.0305. The van der Waals surface area contributed by atoms with Gasteiger partial charge in [-0.1, -0.05) is 12.1 Å². The van der Waals surface area contributed by atoms with Gasteiger partial charge in [-0.15, -0.1) is 11.8 Å². The number of hydrogen-bond donors (Lipinski definition) is 2. The first kappa shape index (κ1) is 19.0. The van der Waals surface area contributed by atoms with Crippen molar-refractivity contribution in [1.29, 1.82) is 5.26 Å². The van der Waals surface area contributed by atoms with Crippen molar-refractivity contribution in [3.05, 3.63) is 63.7 Å². The fourth-order valence-electron chi connectivity index (χ4n) is 2.07. The Morgan fingerprint density at radius 3 is 2.50 bits per heavy atom. The molecule has 0 aliphatic heterocycles. The standard InChI is InChI=1S/C17H14N4O4S/c18-8-7-11-1-4-13(5-2-11)20-16(22)10-26-15-6-3-12(17(19)23)9-14(15)21(24)25/h1-6,9H,7,10H2,(H2,19,23)(H,20,22). The minimum Gasteiger partial charge on any atom is -0.366 e. The van der Waals surface area contributed by atoms with Crippen LogP contribution in [0.2, 0.25) is 0 Å². The molecule has 132 valence electrons. The first-order valence-corrected chi connectivity index (χ1v) is 8.36. The van der Waals surface area contributed by atoms with Crippen LogP contribution in [0.15, 0.2) is 47.4 Å². The molecule has 2 amide bonds. The van der Waals surface area contributed by atoms with Gasteiger partial charge in [-0.25, -0.2) is 0 Å². The first-order valence-electron chi connectivity index (χ1n) is 7.37. The van der Waals surface area contributed by atoms with E-state index in [1.807, 2.05) is 6.07 Å². The van der Waals surface area contributed by atoms with Gasteiger partial charge >= 0.3 is 0 Å². The zero-order valence-corrected chi connectivity index (χ0v) is 14.3. The number of primary amides is 1. The van der Waals surface area contributed by atoms with Gasteiger partial charge in [-0.2, -0.15) is 5.26 Å². The van der Waals surface area contributed by atoms with Crippen molar-refractivity contribution in [3.8, 4) is 6.07 Å². The number of nitrogens with two attached hydrogens (primary N) is 1. The van der Waals surface area contributed by atoms with Crippen LogP contribution in [-0.2, 0) is 11.2 Å². The average molecular weight is 370 g/mol. The molecule has 26 heavy (non-hydrogen) atoms. The summed E-state index contributed by atoms with van der Waals surface area (Å²) in [4.78, 5) is 33.9. The Morgan fingerprint density at radius 1 is 1.23 bits per heavy atom. The second-order valence-corrected chi connectivity index (χ2v) is 6.19. The number of hydrogen-bond acceptors (Lipinski definition) is 6. The smallest absolute Gasteiger partial charge is 0.283 e. The van der Waals surface area contributed by atoms with Gasteiger partial charge in [0.1, 0.15) is 0 Å². The Balaban J connectivity index is 2.01. The molecule has 2 rings (SSSR count). The zero-order valence-electron chi connectivity index (χ0n) is 13.5. The summed E-state index contributed by atoms with van der Waals surface area (Å²) < 4.78 is 0. The summed E-state index contributed by atoms with van der Waals surface area (Å²) in [5.41, 5.74) is 6.28. The molecule has 0 saturated heterocycles. The summed E-state index contributed by atoms with van der Waals surface area (Å²) in [7, 11) is 0. The maximum Gasteiger partial charge on any atom is 0.283 e. The zero-order chi connectivity index (χ0) is 19.1. The van der Waals surface area contributed by atoms with Gasteiger partial charge in [-0.3, -0.25) is 19.7 Å². The van der Waals surface area contributed by atoms with Gasteiger partial charge in [0.15, 0.2) is 0 Å². The third kappa shape index (κ3) is 5.06. The second-order valence-electron chi connectivity index (χ2n) is 5.17. The summed E-state index contributed by atoms with van der Waals surface area (Å²) in [5, 5.41) is 22.4. The molecule has 2 aromatic carbocycles. The Labute approximate surface area is 153 Å². The predicted molar refractivity (Wildman–Crippen MR) is 96.7 cm³/mol. The number of carbonyl (C=O) groups excluding carboxylic acids is 2. The van der Waals surface area contributed by atoms with E-state index < -0.39 is 10.8 Å². The highest BCUT2D eigenvalue weighted by Crippen LogP contribution is 2.30. The van der Waals surface area contributed by atoms with Crippen LogP contribution in [0.3, 0.4) is 0 Å². The number of carbonyl (C=O) groups is 2. The van der Waals surface area contributed by atoms with Crippen molar-refractivity contribution in [1.82, 2.24) is 0 Å². The molecule has 2 aromatic rings. The van der Waals surface area contributed by atoms with Crippen molar-refractivity contribution in [3.63, 3.8) is 0 Å². The lowest BCUT2D eigenvalue weighted by Crippen LogP contribution is -2.14. The van der Waals surface area contributed by atoms with Crippen LogP contribution in [0, 0.1) is 21.4 Å². The molecule has 3 N–H and O–H groups in total. The molecular weight excluding hydrogens is 356 g/mol. The van der Waals surface area contributed by atoms with Crippen LogP contribution in [0.4, 0.5) is 11.4 Å². The SMILES string of the molecule is N#CCc1ccc(NC(=O)CSc2ccc(C(N)=O)cc2[N+](=O)[O-])cc1.